The second-order valence-electron chi connectivity index (χ2n) is 4.48. The second-order valence-corrected chi connectivity index (χ2v) is 5.33. The molecule has 0 bridgehead atoms. The van der Waals surface area contributed by atoms with E-state index in [4.69, 9.17) is 4.74 Å². The van der Waals surface area contributed by atoms with E-state index < -0.39 is 0 Å². The quantitative estimate of drug-likeness (QED) is 0.861. The molecule has 1 heterocycles. The fraction of sp³-hybridized carbons (Fsp3) is 0.333. The van der Waals surface area contributed by atoms with Gasteiger partial charge in [0.25, 0.3) is 0 Å². The molecule has 0 aliphatic carbocycles. The van der Waals surface area contributed by atoms with E-state index in [0.29, 0.717) is 28.3 Å². The zero-order valence-electron chi connectivity index (χ0n) is 12.2. The average Bonchev–Trinajstić information content (AvgIpc) is 2.47. The number of halogens is 2. The Bertz CT molecular complexity index is 649. The van der Waals surface area contributed by atoms with Crippen molar-refractivity contribution in [2.45, 2.75) is 27.2 Å². The summed E-state index contributed by atoms with van der Waals surface area (Å²) in [4.78, 5) is 8.80. The van der Waals surface area contributed by atoms with E-state index >= 15 is 0 Å². The van der Waals surface area contributed by atoms with Crippen LogP contribution in [0.15, 0.2) is 22.7 Å². The Morgan fingerprint density at radius 2 is 2.05 bits per heavy atom. The predicted molar refractivity (Wildman–Crippen MR) is 84.5 cm³/mol. The number of nitrogens with zero attached hydrogens (tertiary/aromatic N) is 2. The Hall–Kier alpha value is -1.69. The predicted octanol–water partition coefficient (Wildman–Crippen LogP) is 4.47. The van der Waals surface area contributed by atoms with Gasteiger partial charge in [0.05, 0.1) is 10.0 Å². The molecule has 0 saturated heterocycles. The minimum Gasteiger partial charge on any atom is -0.438 e. The lowest BCUT2D eigenvalue weighted by Crippen LogP contribution is -2.07. The van der Waals surface area contributed by atoms with Crippen molar-refractivity contribution in [1.82, 2.24) is 9.97 Å². The molecule has 2 aromatic rings. The first-order valence-electron chi connectivity index (χ1n) is 6.79. The molecule has 0 fully saturated rings. The zero-order chi connectivity index (χ0) is 15.4. The number of hydrogen-bond acceptors (Lipinski definition) is 4. The van der Waals surface area contributed by atoms with Crippen LogP contribution in [0.4, 0.5) is 10.2 Å². The Kier molecular flexibility index (Phi) is 5.12. The van der Waals surface area contributed by atoms with E-state index in [9.17, 15) is 4.39 Å². The van der Waals surface area contributed by atoms with Crippen LogP contribution in [0.2, 0.25) is 0 Å². The normalized spacial score (nSPS) is 10.5. The Morgan fingerprint density at radius 1 is 1.29 bits per heavy atom. The van der Waals surface area contributed by atoms with Crippen LogP contribution < -0.4 is 10.1 Å². The third-order valence-corrected chi connectivity index (χ3v) is 3.56. The van der Waals surface area contributed by atoms with Gasteiger partial charge in [0.2, 0.25) is 5.88 Å². The number of ether oxygens (including phenoxy) is 1. The molecular weight excluding hydrogens is 337 g/mol. The SMILES string of the molecule is CCNc1nc(CC)nc(Oc2ccc(Br)c(F)c2)c1C. The van der Waals surface area contributed by atoms with Gasteiger partial charge in [-0.2, -0.15) is 4.98 Å². The van der Waals surface area contributed by atoms with Gasteiger partial charge in [-0.15, -0.1) is 0 Å². The van der Waals surface area contributed by atoms with Crippen LogP contribution in [-0.4, -0.2) is 16.5 Å². The summed E-state index contributed by atoms with van der Waals surface area (Å²) in [7, 11) is 0. The Morgan fingerprint density at radius 3 is 2.67 bits per heavy atom. The van der Waals surface area contributed by atoms with Gasteiger partial charge in [-0.1, -0.05) is 6.92 Å². The lowest BCUT2D eigenvalue weighted by Gasteiger charge is -2.13. The highest BCUT2D eigenvalue weighted by atomic mass is 79.9. The summed E-state index contributed by atoms with van der Waals surface area (Å²) in [5, 5.41) is 3.18. The molecule has 112 valence electrons. The molecule has 21 heavy (non-hydrogen) atoms. The van der Waals surface area contributed by atoms with Crippen molar-refractivity contribution in [2.75, 3.05) is 11.9 Å². The van der Waals surface area contributed by atoms with Crippen molar-refractivity contribution in [3.63, 3.8) is 0 Å². The molecule has 0 amide bonds. The monoisotopic (exact) mass is 353 g/mol. The fourth-order valence-corrected chi connectivity index (χ4v) is 2.04. The van der Waals surface area contributed by atoms with Gasteiger partial charge in [0.15, 0.2) is 0 Å². The molecule has 4 nitrogen and oxygen atoms in total. The van der Waals surface area contributed by atoms with Crippen molar-refractivity contribution < 1.29 is 9.13 Å². The van der Waals surface area contributed by atoms with Crippen LogP contribution in [0, 0.1) is 12.7 Å². The topological polar surface area (TPSA) is 47.0 Å². The summed E-state index contributed by atoms with van der Waals surface area (Å²) in [5.74, 6) is 1.91. The van der Waals surface area contributed by atoms with Crippen LogP contribution in [0.25, 0.3) is 0 Å². The minimum atomic E-state index is -0.373. The van der Waals surface area contributed by atoms with E-state index in [1.165, 1.54) is 6.07 Å². The molecule has 1 aromatic carbocycles. The Labute approximate surface area is 131 Å². The smallest absolute Gasteiger partial charge is 0.227 e. The zero-order valence-corrected chi connectivity index (χ0v) is 13.8. The van der Waals surface area contributed by atoms with Crippen LogP contribution in [-0.2, 0) is 6.42 Å². The lowest BCUT2D eigenvalue weighted by molar-refractivity contribution is 0.450. The molecule has 0 aliphatic heterocycles. The number of benzene rings is 1. The van der Waals surface area contributed by atoms with E-state index in [0.717, 1.165) is 17.9 Å². The first-order valence-corrected chi connectivity index (χ1v) is 7.58. The van der Waals surface area contributed by atoms with Crippen LogP contribution in [0.3, 0.4) is 0 Å². The maximum atomic E-state index is 13.6. The largest absolute Gasteiger partial charge is 0.438 e. The number of anilines is 1. The number of rotatable bonds is 5. The molecular formula is C15H17BrFN3O. The van der Waals surface area contributed by atoms with E-state index in [1.54, 1.807) is 12.1 Å². The summed E-state index contributed by atoms with van der Waals surface area (Å²) in [6, 6.07) is 4.62. The van der Waals surface area contributed by atoms with E-state index in [1.807, 2.05) is 20.8 Å². The van der Waals surface area contributed by atoms with Gasteiger partial charge >= 0.3 is 0 Å². The summed E-state index contributed by atoms with van der Waals surface area (Å²) in [6.07, 6.45) is 0.698. The Balaban J connectivity index is 2.37. The highest BCUT2D eigenvalue weighted by molar-refractivity contribution is 9.10. The molecule has 1 aromatic heterocycles. The third kappa shape index (κ3) is 3.69. The van der Waals surface area contributed by atoms with E-state index in [-0.39, 0.29) is 5.82 Å². The van der Waals surface area contributed by atoms with Crippen molar-refractivity contribution in [3.8, 4) is 11.6 Å². The van der Waals surface area contributed by atoms with Crippen LogP contribution in [0.1, 0.15) is 25.2 Å². The fourth-order valence-electron chi connectivity index (χ4n) is 1.79. The summed E-state index contributed by atoms with van der Waals surface area (Å²) >= 11 is 3.12. The molecule has 0 saturated carbocycles. The van der Waals surface area contributed by atoms with Crippen LogP contribution in [0.5, 0.6) is 11.6 Å². The van der Waals surface area contributed by atoms with Gasteiger partial charge in [-0.3, -0.25) is 0 Å². The van der Waals surface area contributed by atoms with Gasteiger partial charge in [-0.25, -0.2) is 9.37 Å². The second kappa shape index (κ2) is 6.85. The van der Waals surface area contributed by atoms with Gasteiger partial charge in [0, 0.05) is 19.0 Å². The molecule has 0 spiro atoms. The van der Waals surface area contributed by atoms with Crippen molar-refractivity contribution in [1.29, 1.82) is 0 Å². The molecule has 6 heteroatoms. The average molecular weight is 354 g/mol. The molecule has 2 rings (SSSR count). The number of nitrogens with one attached hydrogen (secondary N) is 1. The summed E-state index contributed by atoms with van der Waals surface area (Å²) in [5.41, 5.74) is 0.803. The molecule has 0 radical (unpaired) electrons. The highest BCUT2D eigenvalue weighted by Crippen LogP contribution is 2.29. The van der Waals surface area contributed by atoms with Gasteiger partial charge < -0.3 is 10.1 Å². The van der Waals surface area contributed by atoms with Gasteiger partial charge in [0.1, 0.15) is 23.2 Å². The molecule has 0 unspecified atom stereocenters. The minimum absolute atomic E-state index is 0.373. The van der Waals surface area contributed by atoms with Crippen molar-refractivity contribution >= 4 is 21.7 Å². The summed E-state index contributed by atoms with van der Waals surface area (Å²) < 4.78 is 19.7. The maximum absolute atomic E-state index is 13.6. The van der Waals surface area contributed by atoms with Gasteiger partial charge in [-0.05, 0) is 41.9 Å². The number of aryl methyl sites for hydroxylation is 1. The third-order valence-electron chi connectivity index (χ3n) is 2.91. The standard InChI is InChI=1S/C15H17BrFN3O/c1-4-13-19-14(18-5-2)9(3)15(20-13)21-10-6-7-11(16)12(17)8-10/h6-8H,4-5H2,1-3H3,(H,18,19,20). The van der Waals surface area contributed by atoms with Crippen LogP contribution >= 0.6 is 15.9 Å². The van der Waals surface area contributed by atoms with Crippen molar-refractivity contribution in [3.05, 3.63) is 39.9 Å². The lowest BCUT2D eigenvalue weighted by atomic mass is 10.3. The molecule has 0 atom stereocenters. The first-order chi connectivity index (χ1) is 10.0. The summed E-state index contributed by atoms with van der Waals surface area (Å²) in [6.45, 7) is 6.61. The molecule has 0 aliphatic rings. The van der Waals surface area contributed by atoms with Crippen molar-refractivity contribution in [2.24, 2.45) is 0 Å². The maximum Gasteiger partial charge on any atom is 0.227 e. The number of hydrogen-bond donors (Lipinski definition) is 1. The highest BCUT2D eigenvalue weighted by Gasteiger charge is 2.12. The number of aromatic nitrogens is 2. The van der Waals surface area contributed by atoms with E-state index in [2.05, 4.69) is 31.2 Å². The first kappa shape index (κ1) is 15.7. The molecule has 1 N–H and O–H groups in total.